The van der Waals surface area contributed by atoms with E-state index in [1.54, 1.807) is 24.4 Å². The van der Waals surface area contributed by atoms with Gasteiger partial charge in [-0.2, -0.15) is 0 Å². The van der Waals surface area contributed by atoms with E-state index in [9.17, 15) is 8.42 Å². The Kier molecular flexibility index (Phi) is 5.14. The summed E-state index contributed by atoms with van der Waals surface area (Å²) < 4.78 is 42.9. The van der Waals surface area contributed by atoms with Gasteiger partial charge in [0.2, 0.25) is 15.9 Å². The van der Waals surface area contributed by atoms with Crippen LogP contribution < -0.4 is 14.2 Å². The van der Waals surface area contributed by atoms with E-state index in [0.717, 1.165) is 0 Å². The molecule has 136 valence electrons. The van der Waals surface area contributed by atoms with Crippen LogP contribution in [0.5, 0.6) is 11.5 Å². The Bertz CT molecular complexity index is 989. The minimum Gasteiger partial charge on any atom is -0.493 e. The number of benzene rings is 1. The quantitative estimate of drug-likeness (QED) is 0.661. The number of hydrogen-bond donors (Lipinski definition) is 1. The molecule has 0 fully saturated rings. The zero-order valence-corrected chi connectivity index (χ0v) is 14.9. The molecular weight excluding hydrogens is 360 g/mol. The number of nitrogens with zero attached hydrogens (tertiary/aromatic N) is 3. The maximum atomic E-state index is 12.4. The molecule has 3 rings (SSSR count). The van der Waals surface area contributed by atoms with Crippen molar-refractivity contribution in [3.05, 3.63) is 48.5 Å². The highest BCUT2D eigenvalue weighted by molar-refractivity contribution is 7.89. The Hall–Kier alpha value is -2.98. The SMILES string of the molecule is COc1ccc(S(=O)(=O)NCc2nnc(-c3ccccn3)o2)cc1OC. The van der Waals surface area contributed by atoms with E-state index >= 15 is 0 Å². The second-order valence-corrected chi connectivity index (χ2v) is 6.82. The van der Waals surface area contributed by atoms with Crippen molar-refractivity contribution in [1.29, 1.82) is 0 Å². The summed E-state index contributed by atoms with van der Waals surface area (Å²) in [6.45, 7) is -0.156. The number of rotatable bonds is 7. The molecule has 0 saturated carbocycles. The summed E-state index contributed by atoms with van der Waals surface area (Å²) in [4.78, 5) is 4.12. The number of ether oxygens (including phenoxy) is 2. The number of methoxy groups -OCH3 is 2. The molecule has 0 aliphatic carbocycles. The predicted molar refractivity (Wildman–Crippen MR) is 91.1 cm³/mol. The molecule has 0 atom stereocenters. The first kappa shape index (κ1) is 17.8. The molecule has 0 spiro atoms. The smallest absolute Gasteiger partial charge is 0.266 e. The molecule has 0 aliphatic rings. The van der Waals surface area contributed by atoms with Gasteiger partial charge in [0.1, 0.15) is 5.69 Å². The van der Waals surface area contributed by atoms with E-state index in [-0.39, 0.29) is 23.2 Å². The molecule has 3 aromatic rings. The van der Waals surface area contributed by atoms with Gasteiger partial charge < -0.3 is 13.9 Å². The lowest BCUT2D eigenvalue weighted by atomic mass is 10.3. The average Bonchev–Trinajstić information content (AvgIpc) is 3.15. The predicted octanol–water partition coefficient (Wildman–Crippen LogP) is 1.63. The van der Waals surface area contributed by atoms with Gasteiger partial charge in [-0.15, -0.1) is 10.2 Å². The molecule has 0 unspecified atom stereocenters. The van der Waals surface area contributed by atoms with Crippen LogP contribution in [0.25, 0.3) is 11.6 Å². The van der Waals surface area contributed by atoms with Crippen molar-refractivity contribution in [1.82, 2.24) is 19.9 Å². The molecule has 9 nitrogen and oxygen atoms in total. The summed E-state index contributed by atoms with van der Waals surface area (Å²) in [6.07, 6.45) is 1.60. The summed E-state index contributed by atoms with van der Waals surface area (Å²) in [6, 6.07) is 9.56. The first-order chi connectivity index (χ1) is 12.5. The van der Waals surface area contributed by atoms with Crippen LogP contribution in [0.3, 0.4) is 0 Å². The van der Waals surface area contributed by atoms with Gasteiger partial charge in [-0.05, 0) is 24.3 Å². The molecule has 0 amide bonds. The number of hydrogen-bond acceptors (Lipinski definition) is 8. The summed E-state index contributed by atoms with van der Waals surface area (Å²) in [5, 5.41) is 7.68. The van der Waals surface area contributed by atoms with Gasteiger partial charge in [-0.3, -0.25) is 4.98 Å². The largest absolute Gasteiger partial charge is 0.493 e. The number of sulfonamides is 1. The lowest BCUT2D eigenvalue weighted by Crippen LogP contribution is -2.23. The van der Waals surface area contributed by atoms with Gasteiger partial charge >= 0.3 is 0 Å². The van der Waals surface area contributed by atoms with E-state index in [2.05, 4.69) is 19.9 Å². The Morgan fingerprint density at radius 1 is 1.08 bits per heavy atom. The van der Waals surface area contributed by atoms with Crippen molar-refractivity contribution in [3.8, 4) is 23.1 Å². The fourth-order valence-electron chi connectivity index (χ4n) is 2.14. The van der Waals surface area contributed by atoms with Gasteiger partial charge in [0.15, 0.2) is 11.5 Å². The Balaban J connectivity index is 1.74. The normalized spacial score (nSPS) is 11.3. The highest BCUT2D eigenvalue weighted by Gasteiger charge is 2.18. The second-order valence-electron chi connectivity index (χ2n) is 5.06. The monoisotopic (exact) mass is 376 g/mol. The summed E-state index contributed by atoms with van der Waals surface area (Å²) in [7, 11) is -0.899. The Morgan fingerprint density at radius 3 is 2.58 bits per heavy atom. The minimum atomic E-state index is -3.80. The van der Waals surface area contributed by atoms with Gasteiger partial charge in [0.05, 0.1) is 25.7 Å². The van der Waals surface area contributed by atoms with E-state index < -0.39 is 10.0 Å². The lowest BCUT2D eigenvalue weighted by molar-refractivity contribution is 0.354. The molecule has 26 heavy (non-hydrogen) atoms. The van der Waals surface area contributed by atoms with Crippen molar-refractivity contribution < 1.29 is 22.3 Å². The van der Waals surface area contributed by atoms with Crippen molar-refractivity contribution in [3.63, 3.8) is 0 Å². The first-order valence-electron chi connectivity index (χ1n) is 7.49. The van der Waals surface area contributed by atoms with Gasteiger partial charge in [-0.1, -0.05) is 6.07 Å². The molecule has 0 bridgehead atoms. The zero-order chi connectivity index (χ0) is 18.6. The van der Waals surface area contributed by atoms with Crippen LogP contribution in [-0.4, -0.2) is 37.8 Å². The number of aromatic nitrogens is 3. The highest BCUT2D eigenvalue weighted by atomic mass is 32.2. The van der Waals surface area contributed by atoms with E-state index in [0.29, 0.717) is 17.2 Å². The number of nitrogens with one attached hydrogen (secondary N) is 1. The summed E-state index contributed by atoms with van der Waals surface area (Å²) >= 11 is 0. The Labute approximate surface area is 150 Å². The molecule has 0 aliphatic heterocycles. The van der Waals surface area contributed by atoms with Crippen LogP contribution in [0, 0.1) is 0 Å². The molecule has 0 radical (unpaired) electrons. The molecule has 10 heteroatoms. The fraction of sp³-hybridized carbons (Fsp3) is 0.188. The van der Waals surface area contributed by atoms with Gasteiger partial charge in [0, 0.05) is 12.3 Å². The van der Waals surface area contributed by atoms with E-state index in [4.69, 9.17) is 13.9 Å². The van der Waals surface area contributed by atoms with Crippen molar-refractivity contribution >= 4 is 10.0 Å². The second kappa shape index (κ2) is 7.50. The Morgan fingerprint density at radius 2 is 1.88 bits per heavy atom. The van der Waals surface area contributed by atoms with E-state index in [1.807, 2.05) is 0 Å². The van der Waals surface area contributed by atoms with Crippen LogP contribution >= 0.6 is 0 Å². The third kappa shape index (κ3) is 3.81. The maximum Gasteiger partial charge on any atom is 0.266 e. The highest BCUT2D eigenvalue weighted by Crippen LogP contribution is 2.29. The molecule has 1 N–H and O–H groups in total. The summed E-state index contributed by atoms with van der Waals surface area (Å²) in [5.41, 5.74) is 0.508. The third-order valence-corrected chi connectivity index (χ3v) is 4.83. The number of pyridine rings is 1. The topological polar surface area (TPSA) is 116 Å². The lowest BCUT2D eigenvalue weighted by Gasteiger charge is -2.10. The van der Waals surface area contributed by atoms with Crippen molar-refractivity contribution in [2.45, 2.75) is 11.4 Å². The van der Waals surface area contributed by atoms with Crippen LogP contribution in [-0.2, 0) is 16.6 Å². The third-order valence-electron chi connectivity index (χ3n) is 3.43. The zero-order valence-electron chi connectivity index (χ0n) is 14.0. The average molecular weight is 376 g/mol. The first-order valence-corrected chi connectivity index (χ1v) is 8.97. The maximum absolute atomic E-state index is 12.4. The molecule has 2 aromatic heterocycles. The molecule has 0 saturated heterocycles. The van der Waals surface area contributed by atoms with Crippen molar-refractivity contribution in [2.24, 2.45) is 0 Å². The van der Waals surface area contributed by atoms with Gasteiger partial charge in [0.25, 0.3) is 5.89 Å². The van der Waals surface area contributed by atoms with Crippen LogP contribution in [0.2, 0.25) is 0 Å². The molecule has 1 aromatic carbocycles. The fourth-order valence-corrected chi connectivity index (χ4v) is 3.13. The van der Waals surface area contributed by atoms with Crippen LogP contribution in [0.4, 0.5) is 0 Å². The minimum absolute atomic E-state index is 0.0274. The standard InChI is InChI=1S/C16H16N4O5S/c1-23-13-7-6-11(9-14(13)24-2)26(21,22)18-10-15-19-20-16(25-15)12-5-3-4-8-17-12/h3-9,18H,10H2,1-2H3. The van der Waals surface area contributed by atoms with Gasteiger partial charge in [-0.25, -0.2) is 13.1 Å². The van der Waals surface area contributed by atoms with Crippen LogP contribution in [0.1, 0.15) is 5.89 Å². The van der Waals surface area contributed by atoms with Crippen molar-refractivity contribution in [2.75, 3.05) is 14.2 Å². The van der Waals surface area contributed by atoms with Crippen LogP contribution in [0.15, 0.2) is 51.9 Å². The summed E-state index contributed by atoms with van der Waals surface area (Å²) in [5.74, 6) is 1.08. The van der Waals surface area contributed by atoms with E-state index in [1.165, 1.54) is 32.4 Å². The molecular formula is C16H16N4O5S. The molecule has 2 heterocycles.